The molecule has 1 aromatic carbocycles. The van der Waals surface area contributed by atoms with Crippen molar-refractivity contribution in [3.63, 3.8) is 0 Å². The van der Waals surface area contributed by atoms with Crippen molar-refractivity contribution in [3.05, 3.63) is 29.8 Å². The Morgan fingerprint density at radius 2 is 1.64 bits per heavy atom. The molecule has 0 spiro atoms. The molecule has 0 radical (unpaired) electrons. The first kappa shape index (κ1) is 23.8. The zero-order valence-electron chi connectivity index (χ0n) is 20.2. The number of hydrogen-bond donors (Lipinski definition) is 2. The zero-order chi connectivity index (χ0) is 23.6. The minimum atomic E-state index is -0.902. The summed E-state index contributed by atoms with van der Waals surface area (Å²) in [6.07, 6.45) is 7.02. The monoisotopic (exact) mass is 454 g/mol. The van der Waals surface area contributed by atoms with E-state index in [0.717, 1.165) is 36.9 Å². The van der Waals surface area contributed by atoms with E-state index in [1.165, 1.54) is 19.3 Å². The Morgan fingerprint density at radius 1 is 1.03 bits per heavy atom. The lowest BCUT2D eigenvalue weighted by atomic mass is 9.49. The number of para-hydroxylation sites is 1. The molecule has 2 N–H and O–H groups in total. The Balaban J connectivity index is 1.22. The second-order valence-corrected chi connectivity index (χ2v) is 10.7. The fourth-order valence-corrected chi connectivity index (χ4v) is 6.66. The Bertz CT molecular complexity index is 861. The number of rotatable bonds is 9. The maximum Gasteiger partial charge on any atom is 0.308 e. The second kappa shape index (κ2) is 9.86. The van der Waals surface area contributed by atoms with Crippen molar-refractivity contribution in [3.8, 4) is 0 Å². The SMILES string of the molecule is CCC(C)c1ccccc1NC(=O)C(C)OC(=O)CCNC(=O)C12CC3CC(CC(C3)C1)C2. The summed E-state index contributed by atoms with van der Waals surface area (Å²) in [4.78, 5) is 37.9. The molecule has 2 unspecified atom stereocenters. The topological polar surface area (TPSA) is 84.5 Å². The van der Waals surface area contributed by atoms with Crippen molar-refractivity contribution >= 4 is 23.5 Å². The largest absolute Gasteiger partial charge is 0.452 e. The first-order valence-electron chi connectivity index (χ1n) is 12.7. The normalized spacial score (nSPS) is 29.2. The van der Waals surface area contributed by atoms with Crippen LogP contribution in [0.5, 0.6) is 0 Å². The standard InChI is InChI=1S/C27H38N2O4/c1-4-17(2)22-7-5-6-8-23(22)29-25(31)18(3)33-24(30)9-10-28-26(32)27-14-19-11-20(15-27)13-21(12-19)16-27/h5-8,17-21H,4,9-16H2,1-3H3,(H,28,32)(H,29,31). The van der Waals surface area contributed by atoms with Gasteiger partial charge in [0.15, 0.2) is 6.10 Å². The van der Waals surface area contributed by atoms with Gasteiger partial charge in [-0.15, -0.1) is 0 Å². The molecule has 0 saturated heterocycles. The smallest absolute Gasteiger partial charge is 0.308 e. The van der Waals surface area contributed by atoms with Gasteiger partial charge in [-0.05, 0) is 87.2 Å². The van der Waals surface area contributed by atoms with Gasteiger partial charge in [0.05, 0.1) is 6.42 Å². The maximum atomic E-state index is 13.0. The Hall–Kier alpha value is -2.37. The van der Waals surface area contributed by atoms with Gasteiger partial charge >= 0.3 is 5.97 Å². The van der Waals surface area contributed by atoms with E-state index in [-0.39, 0.29) is 30.2 Å². The summed E-state index contributed by atoms with van der Waals surface area (Å²) in [5.41, 5.74) is 1.61. The molecule has 2 atom stereocenters. The number of amides is 2. The fraction of sp³-hybridized carbons (Fsp3) is 0.667. The maximum absolute atomic E-state index is 13.0. The van der Waals surface area contributed by atoms with Crippen LogP contribution in [0.4, 0.5) is 5.69 Å². The number of ether oxygens (including phenoxy) is 1. The average molecular weight is 455 g/mol. The fourth-order valence-electron chi connectivity index (χ4n) is 6.66. The van der Waals surface area contributed by atoms with Crippen molar-refractivity contribution in [2.45, 2.75) is 84.2 Å². The first-order chi connectivity index (χ1) is 15.8. The Kier molecular flexibility index (Phi) is 7.10. The van der Waals surface area contributed by atoms with Crippen LogP contribution in [0.2, 0.25) is 0 Å². The summed E-state index contributed by atoms with van der Waals surface area (Å²) in [6, 6.07) is 7.71. The van der Waals surface area contributed by atoms with E-state index >= 15 is 0 Å². The molecule has 6 heteroatoms. The van der Waals surface area contributed by atoms with Crippen LogP contribution in [0.3, 0.4) is 0 Å². The third-order valence-corrected chi connectivity index (χ3v) is 8.17. The van der Waals surface area contributed by atoms with Gasteiger partial charge in [-0.2, -0.15) is 0 Å². The molecule has 4 fully saturated rings. The number of carbonyl (C=O) groups is 3. The quantitative estimate of drug-likeness (QED) is 0.525. The van der Waals surface area contributed by atoms with E-state index in [2.05, 4.69) is 24.5 Å². The number of benzene rings is 1. The third kappa shape index (κ3) is 5.25. The highest BCUT2D eigenvalue weighted by atomic mass is 16.5. The van der Waals surface area contributed by atoms with E-state index < -0.39 is 12.1 Å². The van der Waals surface area contributed by atoms with E-state index in [0.29, 0.717) is 23.7 Å². The molecule has 2 amide bonds. The number of esters is 1. The molecule has 0 aromatic heterocycles. The van der Waals surface area contributed by atoms with E-state index in [1.807, 2.05) is 24.3 Å². The minimum Gasteiger partial charge on any atom is -0.452 e. The molecule has 0 heterocycles. The van der Waals surface area contributed by atoms with Crippen molar-refractivity contribution in [2.24, 2.45) is 23.2 Å². The molecular weight excluding hydrogens is 416 g/mol. The van der Waals surface area contributed by atoms with Gasteiger partial charge < -0.3 is 15.4 Å². The van der Waals surface area contributed by atoms with Crippen molar-refractivity contribution in [1.82, 2.24) is 5.32 Å². The van der Waals surface area contributed by atoms with Gasteiger partial charge in [-0.25, -0.2) is 0 Å². The highest BCUT2D eigenvalue weighted by Gasteiger charge is 2.54. The van der Waals surface area contributed by atoms with Crippen LogP contribution >= 0.6 is 0 Å². The van der Waals surface area contributed by atoms with E-state index in [9.17, 15) is 14.4 Å². The van der Waals surface area contributed by atoms with Crippen LogP contribution in [-0.4, -0.2) is 30.4 Å². The zero-order valence-corrected chi connectivity index (χ0v) is 20.2. The highest BCUT2D eigenvalue weighted by Crippen LogP contribution is 2.60. The molecule has 33 heavy (non-hydrogen) atoms. The van der Waals surface area contributed by atoms with Crippen LogP contribution in [0.15, 0.2) is 24.3 Å². The van der Waals surface area contributed by atoms with Gasteiger partial charge in [0.2, 0.25) is 5.91 Å². The third-order valence-electron chi connectivity index (χ3n) is 8.17. The molecule has 0 aliphatic heterocycles. The van der Waals surface area contributed by atoms with Crippen molar-refractivity contribution in [1.29, 1.82) is 0 Å². The number of hydrogen-bond acceptors (Lipinski definition) is 4. The molecule has 1 aromatic rings. The molecule has 180 valence electrons. The van der Waals surface area contributed by atoms with Crippen LogP contribution in [0.25, 0.3) is 0 Å². The number of carbonyl (C=O) groups excluding carboxylic acids is 3. The van der Waals surface area contributed by atoms with Crippen LogP contribution in [-0.2, 0) is 19.1 Å². The average Bonchev–Trinajstić information content (AvgIpc) is 2.77. The van der Waals surface area contributed by atoms with E-state index in [1.54, 1.807) is 6.92 Å². The van der Waals surface area contributed by atoms with Gasteiger partial charge in [0, 0.05) is 17.6 Å². The van der Waals surface area contributed by atoms with Crippen molar-refractivity contribution in [2.75, 3.05) is 11.9 Å². The summed E-state index contributed by atoms with van der Waals surface area (Å²) in [6.45, 7) is 6.06. The van der Waals surface area contributed by atoms with Gasteiger partial charge in [-0.1, -0.05) is 32.0 Å². The van der Waals surface area contributed by atoms with Crippen molar-refractivity contribution < 1.29 is 19.1 Å². The second-order valence-electron chi connectivity index (χ2n) is 10.7. The first-order valence-corrected chi connectivity index (χ1v) is 12.7. The molecular formula is C27H38N2O4. The van der Waals surface area contributed by atoms with Gasteiger partial charge in [-0.3, -0.25) is 14.4 Å². The summed E-state index contributed by atoms with van der Waals surface area (Å²) in [5, 5.41) is 5.89. The summed E-state index contributed by atoms with van der Waals surface area (Å²) < 4.78 is 5.34. The lowest BCUT2D eigenvalue weighted by Crippen LogP contribution is -2.53. The van der Waals surface area contributed by atoms with Gasteiger partial charge in [0.25, 0.3) is 5.91 Å². The van der Waals surface area contributed by atoms with Crippen LogP contribution in [0.1, 0.15) is 83.6 Å². The predicted octanol–water partition coefficient (Wildman–Crippen LogP) is 4.79. The number of nitrogens with one attached hydrogen (secondary N) is 2. The van der Waals surface area contributed by atoms with E-state index in [4.69, 9.17) is 4.74 Å². The predicted molar refractivity (Wildman–Crippen MR) is 128 cm³/mol. The van der Waals surface area contributed by atoms with Gasteiger partial charge in [0.1, 0.15) is 0 Å². The number of anilines is 1. The molecule has 4 aliphatic carbocycles. The highest BCUT2D eigenvalue weighted by molar-refractivity contribution is 5.95. The summed E-state index contributed by atoms with van der Waals surface area (Å²) in [5.74, 6) is 1.72. The Labute approximate surface area is 197 Å². The molecule has 4 bridgehead atoms. The lowest BCUT2D eigenvalue weighted by Gasteiger charge is -2.55. The molecule has 4 aliphatic rings. The Morgan fingerprint density at radius 3 is 2.24 bits per heavy atom. The molecule has 6 nitrogen and oxygen atoms in total. The van der Waals surface area contributed by atoms with Crippen LogP contribution < -0.4 is 10.6 Å². The minimum absolute atomic E-state index is 0.0686. The summed E-state index contributed by atoms with van der Waals surface area (Å²) >= 11 is 0. The van der Waals surface area contributed by atoms with Crippen LogP contribution in [0, 0.1) is 23.2 Å². The molecule has 4 saturated carbocycles. The molecule has 5 rings (SSSR count). The lowest BCUT2D eigenvalue weighted by molar-refractivity contribution is -0.153. The summed E-state index contributed by atoms with van der Waals surface area (Å²) in [7, 11) is 0.